The zero-order valence-electron chi connectivity index (χ0n) is 17.2. The molecule has 186 valence electrons. The lowest BCUT2D eigenvalue weighted by Crippen LogP contribution is -2.68. The molecule has 3 rings (SSSR count). The molecule has 35 heavy (non-hydrogen) atoms. The number of hydrogen-bond donors (Lipinski definition) is 0. The second-order valence-corrected chi connectivity index (χ2v) is 9.05. The summed E-state index contributed by atoms with van der Waals surface area (Å²) in [5, 5.41) is 0. The molecule has 3 aromatic rings. The van der Waals surface area contributed by atoms with Gasteiger partial charge in [0.05, 0.1) is 16.5 Å². The molecule has 0 N–H and O–H groups in total. The number of esters is 1. The van der Waals surface area contributed by atoms with Crippen LogP contribution in [0, 0.1) is 0 Å². The van der Waals surface area contributed by atoms with Gasteiger partial charge in [0.15, 0.2) is 14.7 Å². The van der Waals surface area contributed by atoms with Crippen LogP contribution in [0.4, 0.5) is 39.5 Å². The molecule has 0 saturated heterocycles. The average Bonchev–Trinajstić information content (AvgIpc) is 2.77. The highest BCUT2D eigenvalue weighted by molar-refractivity contribution is 7.97. The van der Waals surface area contributed by atoms with Crippen molar-refractivity contribution in [3.63, 3.8) is 0 Å². The van der Waals surface area contributed by atoms with Crippen LogP contribution in [-0.2, 0) is 15.6 Å². The highest BCUT2D eigenvalue weighted by Crippen LogP contribution is 2.55. The summed E-state index contributed by atoms with van der Waals surface area (Å²) in [6, 6.07) is 21.8. The molecule has 0 atom stereocenters. The fourth-order valence-electron chi connectivity index (χ4n) is 3.10. The third kappa shape index (κ3) is 5.12. The Kier molecular flexibility index (Phi) is 7.16. The molecule has 0 bridgehead atoms. The van der Waals surface area contributed by atoms with Crippen molar-refractivity contribution in [2.45, 2.75) is 38.8 Å². The van der Waals surface area contributed by atoms with Gasteiger partial charge in [-0.05, 0) is 48.5 Å². The standard InChI is InChI=1S/C23H14F9O2S/c24-21(25,26)20(22(27,28)29,23(30,31)32)34-19(33)15-11-13-18(14-12-15)35(16-7-3-1-4-8-16)17-9-5-2-6-10-17/h1-14H/q+1. The van der Waals surface area contributed by atoms with Gasteiger partial charge in [0.2, 0.25) is 0 Å². The highest BCUT2D eigenvalue weighted by atomic mass is 32.2. The Balaban J connectivity index is 2.00. The predicted molar refractivity (Wildman–Crippen MR) is 108 cm³/mol. The van der Waals surface area contributed by atoms with E-state index < -0.39 is 46.6 Å². The van der Waals surface area contributed by atoms with Gasteiger partial charge in [-0.15, -0.1) is 0 Å². The number of rotatable bonds is 5. The number of halogens is 9. The van der Waals surface area contributed by atoms with Gasteiger partial charge in [-0.3, -0.25) is 0 Å². The van der Waals surface area contributed by atoms with Crippen LogP contribution in [0.3, 0.4) is 0 Å². The molecular weight excluding hydrogens is 511 g/mol. The minimum absolute atomic E-state index is 0.507. The third-order valence-electron chi connectivity index (χ3n) is 4.73. The zero-order chi connectivity index (χ0) is 26.1. The number of carbonyl (C=O) groups excluding carboxylic acids is 1. The molecule has 3 aromatic carbocycles. The van der Waals surface area contributed by atoms with E-state index in [9.17, 15) is 44.3 Å². The van der Waals surface area contributed by atoms with E-state index in [0.717, 1.165) is 21.9 Å². The van der Waals surface area contributed by atoms with Crippen molar-refractivity contribution in [1.82, 2.24) is 0 Å². The molecule has 0 amide bonds. The molecule has 0 aliphatic heterocycles. The molecule has 0 unspecified atom stereocenters. The van der Waals surface area contributed by atoms with Gasteiger partial charge in [0.1, 0.15) is 0 Å². The van der Waals surface area contributed by atoms with Crippen molar-refractivity contribution in [3.8, 4) is 0 Å². The Morgan fingerprint density at radius 1 is 0.543 bits per heavy atom. The summed E-state index contributed by atoms with van der Waals surface area (Å²) in [5.41, 5.74) is -7.60. The maximum atomic E-state index is 13.1. The largest absolute Gasteiger partial charge is 0.447 e. The normalized spacial score (nSPS) is 13.1. The minimum Gasteiger partial charge on any atom is -0.428 e. The van der Waals surface area contributed by atoms with Crippen LogP contribution in [0.2, 0.25) is 0 Å². The second kappa shape index (κ2) is 9.48. The SMILES string of the molecule is O=C(OC(C(F)(F)F)(C(F)(F)F)C(F)(F)F)c1ccc([S+](c2ccccc2)c2ccccc2)cc1. The number of hydrogen-bond acceptors (Lipinski definition) is 2. The van der Waals surface area contributed by atoms with E-state index in [1.54, 1.807) is 60.7 Å². The lowest BCUT2D eigenvalue weighted by molar-refractivity contribution is -0.443. The van der Waals surface area contributed by atoms with Crippen LogP contribution in [0.25, 0.3) is 0 Å². The van der Waals surface area contributed by atoms with E-state index in [1.165, 1.54) is 12.1 Å². The first-order valence-electron chi connectivity index (χ1n) is 9.57. The molecule has 0 aromatic heterocycles. The van der Waals surface area contributed by atoms with E-state index >= 15 is 0 Å². The first-order valence-corrected chi connectivity index (χ1v) is 10.8. The highest BCUT2D eigenvalue weighted by Gasteiger charge is 2.87. The summed E-state index contributed by atoms with van der Waals surface area (Å²) in [4.78, 5) is 14.2. The molecule has 0 radical (unpaired) electrons. The maximum absolute atomic E-state index is 13.1. The number of carbonyl (C=O) groups is 1. The molecule has 0 spiro atoms. The fraction of sp³-hybridized carbons (Fsp3) is 0.174. The van der Waals surface area contributed by atoms with E-state index in [2.05, 4.69) is 4.74 Å². The molecule has 0 saturated carbocycles. The molecule has 2 nitrogen and oxygen atoms in total. The quantitative estimate of drug-likeness (QED) is 0.198. The van der Waals surface area contributed by atoms with Crippen LogP contribution < -0.4 is 0 Å². The van der Waals surface area contributed by atoms with Gasteiger partial charge in [-0.25, -0.2) is 4.79 Å². The summed E-state index contributed by atoms with van der Waals surface area (Å²) in [6.07, 6.45) is -21.0. The number of alkyl halides is 9. The number of ether oxygens (including phenoxy) is 1. The van der Waals surface area contributed by atoms with Crippen molar-refractivity contribution in [1.29, 1.82) is 0 Å². The maximum Gasteiger partial charge on any atom is 0.447 e. The monoisotopic (exact) mass is 525 g/mol. The Bertz CT molecular complexity index is 1060. The Hall–Kier alpha value is -3.15. The molecule has 0 aliphatic carbocycles. The molecule has 0 heterocycles. The van der Waals surface area contributed by atoms with Crippen LogP contribution in [0.1, 0.15) is 10.4 Å². The smallest absolute Gasteiger partial charge is 0.428 e. The van der Waals surface area contributed by atoms with Gasteiger partial charge in [0.25, 0.3) is 0 Å². The van der Waals surface area contributed by atoms with Gasteiger partial charge >= 0.3 is 30.1 Å². The van der Waals surface area contributed by atoms with Crippen LogP contribution in [-0.4, -0.2) is 30.1 Å². The van der Waals surface area contributed by atoms with E-state index in [0.29, 0.717) is 4.90 Å². The van der Waals surface area contributed by atoms with Gasteiger partial charge in [0, 0.05) is 0 Å². The molecule has 12 heteroatoms. The van der Waals surface area contributed by atoms with Crippen molar-refractivity contribution in [2.24, 2.45) is 0 Å². The summed E-state index contributed by atoms with van der Waals surface area (Å²) < 4.78 is 121. The van der Waals surface area contributed by atoms with Gasteiger partial charge in [-0.1, -0.05) is 36.4 Å². The lowest BCUT2D eigenvalue weighted by Gasteiger charge is -2.37. The van der Waals surface area contributed by atoms with Gasteiger partial charge in [-0.2, -0.15) is 39.5 Å². The predicted octanol–water partition coefficient (Wildman–Crippen LogP) is 7.36. The zero-order valence-corrected chi connectivity index (χ0v) is 18.0. The topological polar surface area (TPSA) is 26.3 Å². The van der Waals surface area contributed by atoms with Crippen molar-refractivity contribution in [2.75, 3.05) is 0 Å². The Morgan fingerprint density at radius 2 is 0.886 bits per heavy atom. The molecular formula is C23H14F9O2S+. The summed E-state index contributed by atoms with van der Waals surface area (Å²) in [5.74, 6) is -2.43. The average molecular weight is 525 g/mol. The minimum atomic E-state index is -7.01. The van der Waals surface area contributed by atoms with Crippen LogP contribution in [0.15, 0.2) is 99.6 Å². The lowest BCUT2D eigenvalue weighted by atomic mass is 10.0. The van der Waals surface area contributed by atoms with E-state index in [-0.39, 0.29) is 0 Å². The molecule has 0 fully saturated rings. The summed E-state index contributed by atoms with van der Waals surface area (Å²) >= 11 is 0. The van der Waals surface area contributed by atoms with Crippen molar-refractivity contribution < 1.29 is 49.0 Å². The Morgan fingerprint density at radius 3 is 1.23 bits per heavy atom. The van der Waals surface area contributed by atoms with Crippen LogP contribution >= 0.6 is 0 Å². The van der Waals surface area contributed by atoms with Crippen LogP contribution in [0.5, 0.6) is 0 Å². The molecule has 0 aliphatic rings. The van der Waals surface area contributed by atoms with Gasteiger partial charge < -0.3 is 4.74 Å². The third-order valence-corrected chi connectivity index (χ3v) is 6.96. The Labute approximate surface area is 195 Å². The number of benzene rings is 3. The first kappa shape index (κ1) is 26.5. The van der Waals surface area contributed by atoms with E-state index in [1.807, 2.05) is 0 Å². The fourth-order valence-corrected chi connectivity index (χ4v) is 5.19. The first-order chi connectivity index (χ1) is 16.2. The van der Waals surface area contributed by atoms with E-state index in [4.69, 9.17) is 0 Å². The van der Waals surface area contributed by atoms with Crippen molar-refractivity contribution in [3.05, 3.63) is 90.5 Å². The van der Waals surface area contributed by atoms with Crippen molar-refractivity contribution >= 4 is 16.9 Å². The second-order valence-electron chi connectivity index (χ2n) is 7.02. The summed E-state index contributed by atoms with van der Waals surface area (Å²) in [7, 11) is -0.790. The summed E-state index contributed by atoms with van der Waals surface area (Å²) in [6.45, 7) is 0.